The summed E-state index contributed by atoms with van der Waals surface area (Å²) < 4.78 is 0. The van der Waals surface area contributed by atoms with Crippen molar-refractivity contribution in [3.8, 4) is 0 Å². The lowest BCUT2D eigenvalue weighted by molar-refractivity contribution is 0.491. The first-order valence-corrected chi connectivity index (χ1v) is 6.74. The van der Waals surface area contributed by atoms with E-state index in [1.807, 2.05) is 30.0 Å². The fourth-order valence-corrected chi connectivity index (χ4v) is 3.14. The predicted molar refractivity (Wildman–Crippen MR) is 68.0 cm³/mol. The summed E-state index contributed by atoms with van der Waals surface area (Å²) in [6.07, 6.45) is 3.83. The zero-order chi connectivity index (χ0) is 10.7. The predicted octanol–water partition coefficient (Wildman–Crippen LogP) is 4.19. The van der Waals surface area contributed by atoms with E-state index in [0.29, 0.717) is 15.4 Å². The summed E-state index contributed by atoms with van der Waals surface area (Å²) >= 11 is 13.7. The van der Waals surface area contributed by atoms with Crippen LogP contribution in [-0.4, -0.2) is 11.9 Å². The summed E-state index contributed by atoms with van der Waals surface area (Å²) in [6, 6.07) is 5.81. The molecule has 0 saturated carbocycles. The molecule has 1 unspecified atom stereocenters. The molecule has 15 heavy (non-hydrogen) atoms. The summed E-state index contributed by atoms with van der Waals surface area (Å²) in [5.41, 5.74) is 0. The Morgan fingerprint density at radius 1 is 1.20 bits per heavy atom. The molecule has 82 valence electrons. The van der Waals surface area contributed by atoms with Gasteiger partial charge in [-0.05, 0) is 44.0 Å². The first-order chi connectivity index (χ1) is 7.25. The van der Waals surface area contributed by atoms with Crippen molar-refractivity contribution in [1.29, 1.82) is 0 Å². The Morgan fingerprint density at radius 3 is 2.73 bits per heavy atom. The minimum atomic E-state index is 0.524. The van der Waals surface area contributed by atoms with Gasteiger partial charge >= 0.3 is 0 Å². The van der Waals surface area contributed by atoms with Crippen LogP contribution in [0.4, 0.5) is 0 Å². The van der Waals surface area contributed by atoms with E-state index in [0.717, 1.165) is 6.54 Å². The van der Waals surface area contributed by atoms with Crippen molar-refractivity contribution in [2.45, 2.75) is 29.5 Å². The number of hydrogen-bond donors (Lipinski definition) is 1. The molecule has 1 heterocycles. The van der Waals surface area contributed by atoms with Gasteiger partial charge in [0.15, 0.2) is 0 Å². The molecule has 1 aliphatic rings. The topological polar surface area (TPSA) is 12.0 Å². The maximum absolute atomic E-state index is 5.97. The van der Waals surface area contributed by atoms with Crippen LogP contribution in [-0.2, 0) is 0 Å². The second kappa shape index (κ2) is 5.44. The highest BCUT2D eigenvalue weighted by molar-refractivity contribution is 7.99. The maximum Gasteiger partial charge on any atom is 0.0603 e. The summed E-state index contributed by atoms with van der Waals surface area (Å²) in [5, 5.41) is 5.27. The molecule has 1 aliphatic heterocycles. The lowest BCUT2D eigenvalue weighted by atomic mass is 10.2. The van der Waals surface area contributed by atoms with Crippen LogP contribution >= 0.6 is 35.0 Å². The normalized spacial score (nSPS) is 21.6. The minimum absolute atomic E-state index is 0.524. The Kier molecular flexibility index (Phi) is 4.21. The lowest BCUT2D eigenvalue weighted by Gasteiger charge is -2.22. The summed E-state index contributed by atoms with van der Waals surface area (Å²) in [4.78, 5) is 1.18. The zero-order valence-corrected chi connectivity index (χ0v) is 10.6. The highest BCUT2D eigenvalue weighted by Crippen LogP contribution is 2.31. The number of benzene rings is 1. The summed E-state index contributed by atoms with van der Waals surface area (Å²) in [7, 11) is 0. The van der Waals surface area contributed by atoms with E-state index in [1.165, 1.54) is 24.2 Å². The van der Waals surface area contributed by atoms with Gasteiger partial charge < -0.3 is 5.32 Å². The molecule has 1 aromatic rings. The van der Waals surface area contributed by atoms with Crippen molar-refractivity contribution < 1.29 is 0 Å². The number of nitrogens with one attached hydrogen (secondary N) is 1. The van der Waals surface area contributed by atoms with Crippen molar-refractivity contribution in [2.24, 2.45) is 0 Å². The monoisotopic (exact) mass is 261 g/mol. The van der Waals surface area contributed by atoms with Crippen molar-refractivity contribution in [3.63, 3.8) is 0 Å². The molecule has 0 aliphatic carbocycles. The fourth-order valence-electron chi connectivity index (χ4n) is 1.63. The highest BCUT2D eigenvalue weighted by atomic mass is 35.5. The second-order valence-electron chi connectivity index (χ2n) is 3.63. The van der Waals surface area contributed by atoms with Crippen molar-refractivity contribution in [3.05, 3.63) is 28.2 Å². The van der Waals surface area contributed by atoms with Crippen molar-refractivity contribution in [1.82, 2.24) is 5.32 Å². The van der Waals surface area contributed by atoms with Crippen LogP contribution < -0.4 is 5.32 Å². The SMILES string of the molecule is Clc1ccc(SC2CCCCN2)cc1Cl. The van der Waals surface area contributed by atoms with Gasteiger partial charge in [-0.2, -0.15) is 0 Å². The van der Waals surface area contributed by atoms with E-state index in [1.54, 1.807) is 0 Å². The standard InChI is InChI=1S/C11H13Cl2NS/c12-9-5-4-8(7-10(9)13)15-11-3-1-2-6-14-11/h4-5,7,11,14H,1-3,6H2. The largest absolute Gasteiger partial charge is 0.305 e. The molecule has 1 N–H and O–H groups in total. The van der Waals surface area contributed by atoms with Crippen LogP contribution in [0.15, 0.2) is 23.1 Å². The Hall–Kier alpha value is 0.110. The first kappa shape index (κ1) is 11.6. The van der Waals surface area contributed by atoms with E-state index in [-0.39, 0.29) is 0 Å². The molecule has 0 bridgehead atoms. The lowest BCUT2D eigenvalue weighted by Crippen LogP contribution is -2.30. The minimum Gasteiger partial charge on any atom is -0.305 e. The number of hydrogen-bond acceptors (Lipinski definition) is 2. The fraction of sp³-hybridized carbons (Fsp3) is 0.455. The van der Waals surface area contributed by atoms with Gasteiger partial charge in [0.2, 0.25) is 0 Å². The quantitative estimate of drug-likeness (QED) is 0.857. The average molecular weight is 262 g/mol. The molecule has 0 radical (unpaired) electrons. The van der Waals surface area contributed by atoms with E-state index in [4.69, 9.17) is 23.2 Å². The van der Waals surface area contributed by atoms with Gasteiger partial charge in [0.05, 0.1) is 15.4 Å². The van der Waals surface area contributed by atoms with Gasteiger partial charge in [0.1, 0.15) is 0 Å². The Bertz CT molecular complexity index is 337. The average Bonchev–Trinajstić information content (AvgIpc) is 2.25. The third kappa shape index (κ3) is 3.28. The molecule has 0 aromatic heterocycles. The first-order valence-electron chi connectivity index (χ1n) is 5.11. The molecule has 1 saturated heterocycles. The molecule has 1 atom stereocenters. The molecule has 1 aromatic carbocycles. The van der Waals surface area contributed by atoms with Crippen LogP contribution in [0.5, 0.6) is 0 Å². The van der Waals surface area contributed by atoms with E-state index < -0.39 is 0 Å². The zero-order valence-electron chi connectivity index (χ0n) is 8.30. The Balaban J connectivity index is 2.00. The van der Waals surface area contributed by atoms with Crippen molar-refractivity contribution in [2.75, 3.05) is 6.54 Å². The number of rotatable bonds is 2. The highest BCUT2D eigenvalue weighted by Gasteiger charge is 2.13. The van der Waals surface area contributed by atoms with Gasteiger partial charge in [0.25, 0.3) is 0 Å². The van der Waals surface area contributed by atoms with E-state index >= 15 is 0 Å². The Labute approximate surface area is 105 Å². The third-order valence-electron chi connectivity index (χ3n) is 2.43. The van der Waals surface area contributed by atoms with Gasteiger partial charge in [-0.3, -0.25) is 0 Å². The maximum atomic E-state index is 5.97. The molecule has 0 amide bonds. The summed E-state index contributed by atoms with van der Waals surface area (Å²) in [6.45, 7) is 1.12. The smallest absolute Gasteiger partial charge is 0.0603 e. The van der Waals surface area contributed by atoms with Gasteiger partial charge in [-0.25, -0.2) is 0 Å². The van der Waals surface area contributed by atoms with E-state index in [2.05, 4.69) is 5.32 Å². The number of halogens is 2. The molecule has 2 rings (SSSR count). The van der Waals surface area contributed by atoms with Crippen LogP contribution in [0.25, 0.3) is 0 Å². The molecule has 1 nitrogen and oxygen atoms in total. The molecule has 0 spiro atoms. The molecular weight excluding hydrogens is 249 g/mol. The third-order valence-corrected chi connectivity index (χ3v) is 4.39. The molecular formula is C11H13Cl2NS. The second-order valence-corrected chi connectivity index (χ2v) is 5.72. The van der Waals surface area contributed by atoms with Crippen LogP contribution in [0, 0.1) is 0 Å². The van der Waals surface area contributed by atoms with Crippen LogP contribution in [0.3, 0.4) is 0 Å². The number of thioether (sulfide) groups is 1. The van der Waals surface area contributed by atoms with Gasteiger partial charge in [-0.1, -0.05) is 23.2 Å². The number of piperidine rings is 1. The van der Waals surface area contributed by atoms with Gasteiger partial charge in [-0.15, -0.1) is 11.8 Å². The molecule has 1 fully saturated rings. The Morgan fingerprint density at radius 2 is 2.07 bits per heavy atom. The molecule has 4 heteroatoms. The van der Waals surface area contributed by atoms with Crippen LogP contribution in [0.2, 0.25) is 10.0 Å². The van der Waals surface area contributed by atoms with Gasteiger partial charge in [0, 0.05) is 4.90 Å². The van der Waals surface area contributed by atoms with E-state index in [9.17, 15) is 0 Å². The van der Waals surface area contributed by atoms with Crippen molar-refractivity contribution >= 4 is 35.0 Å². The summed E-state index contributed by atoms with van der Waals surface area (Å²) in [5.74, 6) is 0. The van der Waals surface area contributed by atoms with Crippen LogP contribution in [0.1, 0.15) is 19.3 Å².